The number of carbonyl (C=O) groups excluding carboxylic acids is 1. The molecule has 1 aromatic heterocycles. The SMILES string of the molecule is COCc1ncn(CC=O)n1. The number of ether oxygens (including phenoxy) is 1. The zero-order valence-electron chi connectivity index (χ0n) is 6.23. The van der Waals surface area contributed by atoms with Gasteiger partial charge in [0.15, 0.2) is 5.82 Å². The molecule has 1 rings (SSSR count). The Morgan fingerprint density at radius 1 is 1.82 bits per heavy atom. The third kappa shape index (κ3) is 2.12. The van der Waals surface area contributed by atoms with Crippen molar-refractivity contribution in [1.82, 2.24) is 14.8 Å². The Morgan fingerprint density at radius 3 is 3.27 bits per heavy atom. The summed E-state index contributed by atoms with van der Waals surface area (Å²) >= 11 is 0. The van der Waals surface area contributed by atoms with Gasteiger partial charge >= 0.3 is 0 Å². The molecule has 5 nitrogen and oxygen atoms in total. The average molecular weight is 155 g/mol. The molecule has 5 heteroatoms. The van der Waals surface area contributed by atoms with Crippen LogP contribution in [0.4, 0.5) is 0 Å². The first-order valence-corrected chi connectivity index (χ1v) is 3.17. The van der Waals surface area contributed by atoms with Crippen molar-refractivity contribution in [3.05, 3.63) is 12.2 Å². The first-order chi connectivity index (χ1) is 5.36. The number of carbonyl (C=O) groups is 1. The van der Waals surface area contributed by atoms with Gasteiger partial charge in [0.1, 0.15) is 19.2 Å². The van der Waals surface area contributed by atoms with E-state index < -0.39 is 0 Å². The minimum absolute atomic E-state index is 0.247. The fourth-order valence-electron chi connectivity index (χ4n) is 0.693. The molecule has 0 amide bonds. The molecule has 0 aliphatic rings. The molecule has 0 saturated carbocycles. The number of aldehydes is 1. The van der Waals surface area contributed by atoms with Crippen LogP contribution in [-0.2, 0) is 22.7 Å². The normalized spacial score (nSPS) is 9.91. The molecule has 0 bridgehead atoms. The summed E-state index contributed by atoms with van der Waals surface area (Å²) in [6.07, 6.45) is 2.27. The fourth-order valence-corrected chi connectivity index (χ4v) is 0.693. The maximum Gasteiger partial charge on any atom is 0.176 e. The van der Waals surface area contributed by atoms with Crippen LogP contribution < -0.4 is 0 Å². The molecule has 0 N–H and O–H groups in total. The van der Waals surface area contributed by atoms with E-state index in [1.54, 1.807) is 7.11 Å². The highest BCUT2D eigenvalue weighted by atomic mass is 16.5. The quantitative estimate of drug-likeness (QED) is 0.556. The summed E-state index contributed by atoms with van der Waals surface area (Å²) in [6, 6.07) is 0. The highest BCUT2D eigenvalue weighted by Gasteiger charge is 1.97. The first-order valence-electron chi connectivity index (χ1n) is 3.17. The lowest BCUT2D eigenvalue weighted by molar-refractivity contribution is -0.108. The Balaban J connectivity index is 2.57. The van der Waals surface area contributed by atoms with Crippen molar-refractivity contribution < 1.29 is 9.53 Å². The Hall–Kier alpha value is -1.23. The number of hydrogen-bond acceptors (Lipinski definition) is 4. The van der Waals surface area contributed by atoms with Gasteiger partial charge in [-0.3, -0.25) is 0 Å². The molecule has 1 aromatic rings. The molecule has 60 valence electrons. The smallest absolute Gasteiger partial charge is 0.176 e. The van der Waals surface area contributed by atoms with E-state index in [0.717, 1.165) is 6.29 Å². The third-order valence-electron chi connectivity index (χ3n) is 1.12. The lowest BCUT2D eigenvalue weighted by atomic mass is 10.7. The van der Waals surface area contributed by atoms with Gasteiger partial charge in [0.2, 0.25) is 0 Å². The van der Waals surface area contributed by atoms with E-state index in [1.165, 1.54) is 11.0 Å². The summed E-state index contributed by atoms with van der Waals surface area (Å²) in [5, 5.41) is 3.94. The van der Waals surface area contributed by atoms with Crippen molar-refractivity contribution >= 4 is 6.29 Å². The second-order valence-corrected chi connectivity index (χ2v) is 1.98. The Labute approximate surface area is 64.0 Å². The van der Waals surface area contributed by atoms with Crippen LogP contribution in [0.5, 0.6) is 0 Å². The molecular weight excluding hydrogens is 146 g/mol. The van der Waals surface area contributed by atoms with Gasteiger partial charge in [0, 0.05) is 7.11 Å². The molecule has 0 fully saturated rings. The fraction of sp³-hybridized carbons (Fsp3) is 0.500. The molecule has 0 spiro atoms. The van der Waals surface area contributed by atoms with Crippen molar-refractivity contribution in [3.8, 4) is 0 Å². The zero-order valence-corrected chi connectivity index (χ0v) is 6.23. The predicted molar refractivity (Wildman–Crippen MR) is 36.8 cm³/mol. The van der Waals surface area contributed by atoms with Crippen LogP contribution in [0.1, 0.15) is 5.82 Å². The minimum atomic E-state index is 0.247. The second kappa shape index (κ2) is 3.82. The molecule has 0 saturated heterocycles. The van der Waals surface area contributed by atoms with Gasteiger partial charge in [0.25, 0.3) is 0 Å². The maximum absolute atomic E-state index is 10.0. The van der Waals surface area contributed by atoms with Crippen LogP contribution in [0, 0.1) is 0 Å². The van der Waals surface area contributed by atoms with E-state index in [-0.39, 0.29) is 6.54 Å². The Kier molecular flexibility index (Phi) is 2.74. The van der Waals surface area contributed by atoms with Crippen LogP contribution >= 0.6 is 0 Å². The van der Waals surface area contributed by atoms with Crippen LogP contribution in [0.15, 0.2) is 6.33 Å². The van der Waals surface area contributed by atoms with Gasteiger partial charge in [0.05, 0.1) is 6.54 Å². The third-order valence-corrected chi connectivity index (χ3v) is 1.12. The topological polar surface area (TPSA) is 57.0 Å². The summed E-state index contributed by atoms with van der Waals surface area (Å²) in [6.45, 7) is 0.628. The van der Waals surface area contributed by atoms with Gasteiger partial charge in [-0.2, -0.15) is 5.10 Å². The van der Waals surface area contributed by atoms with Gasteiger partial charge < -0.3 is 9.53 Å². The van der Waals surface area contributed by atoms with Gasteiger partial charge in [-0.25, -0.2) is 9.67 Å². The first kappa shape index (κ1) is 7.87. The van der Waals surface area contributed by atoms with Crippen molar-refractivity contribution in [2.45, 2.75) is 13.2 Å². The van der Waals surface area contributed by atoms with E-state index >= 15 is 0 Å². The summed E-state index contributed by atoms with van der Waals surface area (Å²) in [5.74, 6) is 0.592. The monoisotopic (exact) mass is 155 g/mol. The largest absolute Gasteiger partial charge is 0.377 e. The number of rotatable bonds is 4. The molecule has 0 unspecified atom stereocenters. The summed E-state index contributed by atoms with van der Waals surface area (Å²) in [7, 11) is 1.57. The van der Waals surface area contributed by atoms with Crippen molar-refractivity contribution in [2.75, 3.05) is 7.11 Å². The second-order valence-electron chi connectivity index (χ2n) is 1.98. The van der Waals surface area contributed by atoms with Crippen molar-refractivity contribution in [1.29, 1.82) is 0 Å². The van der Waals surface area contributed by atoms with Crippen LogP contribution in [0.2, 0.25) is 0 Å². The maximum atomic E-state index is 10.0. The number of aromatic nitrogens is 3. The van der Waals surface area contributed by atoms with E-state index in [4.69, 9.17) is 4.74 Å². The van der Waals surface area contributed by atoms with Gasteiger partial charge in [-0.1, -0.05) is 0 Å². The molecule has 0 aliphatic carbocycles. The zero-order chi connectivity index (χ0) is 8.10. The molecule has 0 atom stereocenters. The molecule has 0 radical (unpaired) electrons. The van der Waals surface area contributed by atoms with Gasteiger partial charge in [-0.05, 0) is 0 Å². The van der Waals surface area contributed by atoms with E-state index in [2.05, 4.69) is 10.1 Å². The summed E-state index contributed by atoms with van der Waals surface area (Å²) in [4.78, 5) is 13.9. The minimum Gasteiger partial charge on any atom is -0.377 e. The van der Waals surface area contributed by atoms with E-state index in [0.29, 0.717) is 12.4 Å². The molecule has 11 heavy (non-hydrogen) atoms. The lowest BCUT2D eigenvalue weighted by Gasteiger charge is -1.90. The van der Waals surface area contributed by atoms with E-state index in [9.17, 15) is 4.79 Å². The van der Waals surface area contributed by atoms with Crippen LogP contribution in [-0.4, -0.2) is 28.2 Å². The predicted octanol–water partition coefficient (Wildman–Crippen LogP) is -0.377. The lowest BCUT2D eigenvalue weighted by Crippen LogP contribution is -2.00. The van der Waals surface area contributed by atoms with Crippen LogP contribution in [0.3, 0.4) is 0 Å². The molecule has 0 aliphatic heterocycles. The average Bonchev–Trinajstić information content (AvgIpc) is 2.38. The Bertz CT molecular complexity index is 233. The molecular formula is C6H9N3O2. The standard InChI is InChI=1S/C6H9N3O2/c1-11-4-6-7-5-9(8-6)2-3-10/h3,5H,2,4H2,1H3. The Morgan fingerprint density at radius 2 is 2.64 bits per heavy atom. The number of nitrogens with zero attached hydrogens (tertiary/aromatic N) is 3. The number of hydrogen-bond donors (Lipinski definition) is 0. The number of methoxy groups -OCH3 is 1. The van der Waals surface area contributed by atoms with Crippen molar-refractivity contribution in [2.24, 2.45) is 0 Å². The summed E-state index contributed by atoms with van der Waals surface area (Å²) in [5.41, 5.74) is 0. The highest BCUT2D eigenvalue weighted by Crippen LogP contribution is 1.90. The van der Waals surface area contributed by atoms with Crippen LogP contribution in [0.25, 0.3) is 0 Å². The molecule has 1 heterocycles. The molecule has 0 aromatic carbocycles. The van der Waals surface area contributed by atoms with E-state index in [1.807, 2.05) is 0 Å². The highest BCUT2D eigenvalue weighted by molar-refractivity contribution is 5.48. The summed E-state index contributed by atoms with van der Waals surface area (Å²) < 4.78 is 6.25. The van der Waals surface area contributed by atoms with Crippen molar-refractivity contribution in [3.63, 3.8) is 0 Å². The van der Waals surface area contributed by atoms with Gasteiger partial charge in [-0.15, -0.1) is 0 Å².